The molecule has 0 saturated heterocycles. The predicted octanol–water partition coefficient (Wildman–Crippen LogP) is 3.45. The fourth-order valence-electron chi connectivity index (χ4n) is 2.25. The van der Waals surface area contributed by atoms with Crippen molar-refractivity contribution in [2.75, 3.05) is 17.7 Å². The second-order valence-electron chi connectivity index (χ2n) is 4.79. The highest BCUT2D eigenvalue weighted by molar-refractivity contribution is 7.80. The van der Waals surface area contributed by atoms with Gasteiger partial charge in [0.05, 0.1) is 18.1 Å². The van der Waals surface area contributed by atoms with Crippen LogP contribution in [0.3, 0.4) is 0 Å². The number of hydrogen-bond donors (Lipinski definition) is 2. The molecule has 22 heavy (non-hydrogen) atoms. The Kier molecular flexibility index (Phi) is 4.32. The van der Waals surface area contributed by atoms with E-state index in [4.69, 9.17) is 17.0 Å². The number of aromatic nitrogens is 2. The number of rotatable bonds is 4. The molecular formula is C16H16N4OS. The molecule has 0 amide bonds. The van der Waals surface area contributed by atoms with Crippen LogP contribution in [0.4, 0.5) is 11.4 Å². The number of fused-ring (bicyclic) bond motifs is 1. The van der Waals surface area contributed by atoms with Gasteiger partial charge in [-0.1, -0.05) is 36.4 Å². The van der Waals surface area contributed by atoms with E-state index in [0.717, 1.165) is 16.8 Å². The molecule has 6 heteroatoms. The molecule has 0 unspecified atom stereocenters. The molecule has 2 N–H and O–H groups in total. The number of nitrogens with zero attached hydrogens (tertiary/aromatic N) is 2. The van der Waals surface area contributed by atoms with Gasteiger partial charge in [0.25, 0.3) is 0 Å². The Balaban J connectivity index is 1.72. The molecule has 1 heterocycles. The molecule has 0 fully saturated rings. The Labute approximate surface area is 133 Å². The van der Waals surface area contributed by atoms with Crippen molar-refractivity contribution in [1.29, 1.82) is 0 Å². The van der Waals surface area contributed by atoms with Crippen LogP contribution >= 0.6 is 12.2 Å². The molecule has 0 saturated carbocycles. The first kappa shape index (κ1) is 14.5. The van der Waals surface area contributed by atoms with Gasteiger partial charge >= 0.3 is 0 Å². The normalized spacial score (nSPS) is 10.6. The van der Waals surface area contributed by atoms with E-state index < -0.39 is 0 Å². The molecule has 3 aromatic rings. The summed E-state index contributed by atoms with van der Waals surface area (Å²) in [6.07, 6.45) is 3.54. The van der Waals surface area contributed by atoms with Crippen molar-refractivity contribution in [3.05, 3.63) is 54.9 Å². The molecule has 0 aliphatic heterocycles. The Morgan fingerprint density at radius 2 is 2.00 bits per heavy atom. The number of benzene rings is 2. The molecule has 0 bridgehead atoms. The van der Waals surface area contributed by atoms with Crippen molar-refractivity contribution in [1.82, 2.24) is 9.78 Å². The predicted molar refractivity (Wildman–Crippen MR) is 93.0 cm³/mol. The summed E-state index contributed by atoms with van der Waals surface area (Å²) in [6.45, 7) is 0.408. The van der Waals surface area contributed by atoms with Gasteiger partial charge in [0.2, 0.25) is 0 Å². The van der Waals surface area contributed by atoms with Gasteiger partial charge in [-0.25, -0.2) is 4.68 Å². The largest absolute Gasteiger partial charge is 0.362 e. The van der Waals surface area contributed by atoms with Gasteiger partial charge in [-0.2, -0.15) is 5.10 Å². The van der Waals surface area contributed by atoms with Crippen LogP contribution in [0.25, 0.3) is 10.8 Å². The molecule has 5 nitrogen and oxygen atoms in total. The number of anilines is 2. The third-order valence-electron chi connectivity index (χ3n) is 3.19. The Morgan fingerprint density at radius 3 is 2.86 bits per heavy atom. The zero-order chi connectivity index (χ0) is 15.4. The fraction of sp³-hybridized carbons (Fsp3) is 0.125. The summed E-state index contributed by atoms with van der Waals surface area (Å²) in [5.74, 6) is 0. The fourth-order valence-corrected chi connectivity index (χ4v) is 2.48. The molecular weight excluding hydrogens is 296 g/mol. The summed E-state index contributed by atoms with van der Waals surface area (Å²) in [5.41, 5.74) is 1.79. The van der Waals surface area contributed by atoms with Crippen LogP contribution in [0.2, 0.25) is 0 Å². The number of methoxy groups -OCH3 is 1. The minimum Gasteiger partial charge on any atom is -0.362 e. The standard InChI is InChI=1S/C16H16N4OS/c1-21-11-20-10-13(9-17-20)18-16(22)19-15-8-4-6-12-5-2-3-7-14(12)15/h2-10H,11H2,1H3,(H2,18,19,22). The van der Waals surface area contributed by atoms with Crippen LogP contribution in [0.15, 0.2) is 54.9 Å². The van der Waals surface area contributed by atoms with E-state index in [0.29, 0.717) is 11.8 Å². The number of ether oxygens (including phenoxy) is 1. The van der Waals surface area contributed by atoms with Gasteiger partial charge in [-0.15, -0.1) is 0 Å². The molecule has 3 rings (SSSR count). The minimum atomic E-state index is 0.408. The average Bonchev–Trinajstić information content (AvgIpc) is 2.95. The number of thiocarbonyl (C=S) groups is 1. The lowest BCUT2D eigenvalue weighted by Gasteiger charge is -2.11. The van der Waals surface area contributed by atoms with Crippen LogP contribution in [-0.2, 0) is 11.5 Å². The summed E-state index contributed by atoms with van der Waals surface area (Å²) >= 11 is 5.36. The van der Waals surface area contributed by atoms with Gasteiger partial charge in [0.1, 0.15) is 6.73 Å². The number of hydrogen-bond acceptors (Lipinski definition) is 3. The molecule has 0 atom stereocenters. The lowest BCUT2D eigenvalue weighted by atomic mass is 10.1. The van der Waals surface area contributed by atoms with Gasteiger partial charge in [0.15, 0.2) is 5.11 Å². The average molecular weight is 312 g/mol. The summed E-state index contributed by atoms with van der Waals surface area (Å²) in [6, 6.07) is 14.3. The molecule has 0 radical (unpaired) electrons. The SMILES string of the molecule is COCn1cc(NC(=S)Nc2cccc3ccccc23)cn1. The van der Waals surface area contributed by atoms with E-state index in [-0.39, 0.29) is 0 Å². The van der Waals surface area contributed by atoms with Gasteiger partial charge in [0, 0.05) is 18.2 Å². The minimum absolute atomic E-state index is 0.408. The summed E-state index contributed by atoms with van der Waals surface area (Å²) in [7, 11) is 1.63. The second-order valence-corrected chi connectivity index (χ2v) is 5.20. The van der Waals surface area contributed by atoms with E-state index in [9.17, 15) is 0 Å². The lowest BCUT2D eigenvalue weighted by molar-refractivity contribution is 0.120. The highest BCUT2D eigenvalue weighted by Crippen LogP contribution is 2.23. The van der Waals surface area contributed by atoms with Crippen molar-refractivity contribution in [2.24, 2.45) is 0 Å². The highest BCUT2D eigenvalue weighted by Gasteiger charge is 2.04. The first-order chi connectivity index (χ1) is 10.8. The zero-order valence-corrected chi connectivity index (χ0v) is 12.9. The van der Waals surface area contributed by atoms with Crippen LogP contribution in [0, 0.1) is 0 Å². The van der Waals surface area contributed by atoms with Crippen molar-refractivity contribution in [3.63, 3.8) is 0 Å². The van der Waals surface area contributed by atoms with E-state index >= 15 is 0 Å². The van der Waals surface area contributed by atoms with E-state index in [1.165, 1.54) is 5.39 Å². The molecule has 0 aliphatic rings. The Morgan fingerprint density at radius 1 is 1.18 bits per heavy atom. The molecule has 2 aromatic carbocycles. The van der Waals surface area contributed by atoms with Crippen LogP contribution in [0.1, 0.15) is 0 Å². The molecule has 0 aliphatic carbocycles. The highest BCUT2D eigenvalue weighted by atomic mass is 32.1. The molecule has 1 aromatic heterocycles. The number of nitrogens with one attached hydrogen (secondary N) is 2. The van der Waals surface area contributed by atoms with E-state index in [1.807, 2.05) is 30.5 Å². The third-order valence-corrected chi connectivity index (χ3v) is 3.39. The molecule has 0 spiro atoms. The lowest BCUT2D eigenvalue weighted by Crippen LogP contribution is -2.18. The zero-order valence-electron chi connectivity index (χ0n) is 12.1. The Bertz CT molecular complexity index is 794. The van der Waals surface area contributed by atoms with Crippen LogP contribution < -0.4 is 10.6 Å². The van der Waals surface area contributed by atoms with Gasteiger partial charge in [-0.05, 0) is 23.7 Å². The van der Waals surface area contributed by atoms with Crippen molar-refractivity contribution in [2.45, 2.75) is 6.73 Å². The monoisotopic (exact) mass is 312 g/mol. The van der Waals surface area contributed by atoms with Gasteiger partial charge in [-0.3, -0.25) is 0 Å². The van der Waals surface area contributed by atoms with Crippen LogP contribution in [0.5, 0.6) is 0 Å². The maximum atomic E-state index is 5.36. The van der Waals surface area contributed by atoms with Crippen molar-refractivity contribution >= 4 is 39.5 Å². The quantitative estimate of drug-likeness (QED) is 0.723. The van der Waals surface area contributed by atoms with Gasteiger partial charge < -0.3 is 15.4 Å². The first-order valence-electron chi connectivity index (χ1n) is 6.83. The summed E-state index contributed by atoms with van der Waals surface area (Å²) in [4.78, 5) is 0. The second kappa shape index (κ2) is 6.55. The molecule has 112 valence electrons. The smallest absolute Gasteiger partial charge is 0.175 e. The maximum absolute atomic E-state index is 5.36. The summed E-state index contributed by atoms with van der Waals surface area (Å²) in [5, 5.41) is 13.3. The Hall–Kier alpha value is -2.44. The maximum Gasteiger partial charge on any atom is 0.175 e. The van der Waals surface area contributed by atoms with E-state index in [2.05, 4.69) is 33.9 Å². The van der Waals surface area contributed by atoms with Crippen molar-refractivity contribution < 1.29 is 4.74 Å². The first-order valence-corrected chi connectivity index (χ1v) is 7.24. The topological polar surface area (TPSA) is 51.1 Å². The van der Waals surface area contributed by atoms with Crippen molar-refractivity contribution in [3.8, 4) is 0 Å². The van der Waals surface area contributed by atoms with E-state index in [1.54, 1.807) is 18.0 Å². The third kappa shape index (κ3) is 3.24. The summed E-state index contributed by atoms with van der Waals surface area (Å²) < 4.78 is 6.70. The van der Waals surface area contributed by atoms with Crippen LogP contribution in [-0.4, -0.2) is 22.0 Å².